The molecule has 2 aromatic heterocycles. The second kappa shape index (κ2) is 8.50. The highest BCUT2D eigenvalue weighted by Crippen LogP contribution is 2.22. The maximum Gasteiger partial charge on any atom is 0.319 e. The van der Waals surface area contributed by atoms with E-state index in [0.717, 1.165) is 16.9 Å². The van der Waals surface area contributed by atoms with E-state index in [4.69, 9.17) is 9.26 Å². The Kier molecular flexibility index (Phi) is 5.87. The van der Waals surface area contributed by atoms with Gasteiger partial charge >= 0.3 is 6.03 Å². The quantitative estimate of drug-likeness (QED) is 0.667. The molecule has 0 saturated heterocycles. The van der Waals surface area contributed by atoms with E-state index in [1.165, 1.54) is 0 Å². The molecule has 8 nitrogen and oxygen atoms in total. The molecular formula is C19H23N5O3. The second-order valence-electron chi connectivity index (χ2n) is 6.15. The molecule has 0 aliphatic rings. The number of hydrogen-bond donors (Lipinski definition) is 2. The van der Waals surface area contributed by atoms with Crippen molar-refractivity contribution in [3.8, 4) is 5.69 Å². The summed E-state index contributed by atoms with van der Waals surface area (Å²) in [6.45, 7) is 4.27. The van der Waals surface area contributed by atoms with Crippen molar-refractivity contribution >= 4 is 11.7 Å². The van der Waals surface area contributed by atoms with Crippen LogP contribution in [-0.2, 0) is 11.2 Å². The molecule has 2 heterocycles. The third-order valence-corrected chi connectivity index (χ3v) is 4.17. The van der Waals surface area contributed by atoms with Gasteiger partial charge in [0.2, 0.25) is 5.89 Å². The monoisotopic (exact) mass is 369 g/mol. The van der Waals surface area contributed by atoms with Gasteiger partial charge in [-0.1, -0.05) is 11.2 Å². The molecule has 0 fully saturated rings. The number of nitrogens with zero attached hydrogens (tertiary/aromatic N) is 3. The molecule has 3 rings (SSSR count). The molecule has 0 bridgehead atoms. The lowest BCUT2D eigenvalue weighted by molar-refractivity contribution is 0.199. The van der Waals surface area contributed by atoms with Crippen LogP contribution in [0.25, 0.3) is 5.69 Å². The first-order chi connectivity index (χ1) is 13.1. The van der Waals surface area contributed by atoms with Crippen LogP contribution in [0.3, 0.4) is 0 Å². The number of urea groups is 1. The van der Waals surface area contributed by atoms with Crippen LogP contribution in [0.1, 0.15) is 30.2 Å². The van der Waals surface area contributed by atoms with E-state index in [1.54, 1.807) is 14.0 Å². The number of carbonyl (C=O) groups is 1. The van der Waals surface area contributed by atoms with Gasteiger partial charge in [-0.2, -0.15) is 4.98 Å². The number of aromatic nitrogens is 3. The van der Waals surface area contributed by atoms with Crippen LogP contribution in [0.15, 0.2) is 47.2 Å². The minimum Gasteiger partial charge on any atom is -0.384 e. The molecule has 2 amide bonds. The average Bonchev–Trinajstić information content (AvgIpc) is 3.33. The lowest BCUT2D eigenvalue weighted by atomic mass is 10.1. The Labute approximate surface area is 157 Å². The van der Waals surface area contributed by atoms with E-state index < -0.39 is 6.04 Å². The number of hydrogen-bond acceptors (Lipinski definition) is 5. The maximum absolute atomic E-state index is 12.4. The molecular weight excluding hydrogens is 346 g/mol. The standard InChI is InChI=1S/C19H23N5O3/c1-13-15(7-6-8-16(13)24-10-4-5-11-24)21-19(25)20-14(2)18-22-17(23-27-18)9-12-26-3/h4-8,10-11,14H,9,12H2,1-3H3,(H2,20,21,25)/t14-/m0/s1. The summed E-state index contributed by atoms with van der Waals surface area (Å²) < 4.78 is 12.2. The van der Waals surface area contributed by atoms with Crippen molar-refractivity contribution < 1.29 is 14.1 Å². The van der Waals surface area contributed by atoms with Crippen LogP contribution in [-0.4, -0.2) is 34.5 Å². The largest absolute Gasteiger partial charge is 0.384 e. The first-order valence-electron chi connectivity index (χ1n) is 8.70. The average molecular weight is 369 g/mol. The number of anilines is 1. The van der Waals surface area contributed by atoms with Gasteiger partial charge in [0.15, 0.2) is 5.82 Å². The van der Waals surface area contributed by atoms with Crippen molar-refractivity contribution in [2.45, 2.75) is 26.3 Å². The first kappa shape index (κ1) is 18.7. The Morgan fingerprint density at radius 1 is 1.30 bits per heavy atom. The Bertz CT molecular complexity index is 889. The summed E-state index contributed by atoms with van der Waals surface area (Å²) in [5.74, 6) is 0.908. The van der Waals surface area contributed by atoms with E-state index in [2.05, 4.69) is 20.8 Å². The van der Waals surface area contributed by atoms with Crippen molar-refractivity contribution in [2.24, 2.45) is 0 Å². The van der Waals surface area contributed by atoms with Gasteiger partial charge in [0.25, 0.3) is 0 Å². The summed E-state index contributed by atoms with van der Waals surface area (Å²) in [5.41, 5.74) is 2.71. The highest BCUT2D eigenvalue weighted by atomic mass is 16.5. The summed E-state index contributed by atoms with van der Waals surface area (Å²) >= 11 is 0. The molecule has 0 radical (unpaired) electrons. The molecule has 0 spiro atoms. The third-order valence-electron chi connectivity index (χ3n) is 4.17. The van der Waals surface area contributed by atoms with E-state index >= 15 is 0 Å². The topological polar surface area (TPSA) is 94.2 Å². The molecule has 1 atom stereocenters. The molecule has 0 aliphatic heterocycles. The van der Waals surface area contributed by atoms with Gasteiger partial charge in [0.05, 0.1) is 6.61 Å². The zero-order valence-corrected chi connectivity index (χ0v) is 15.6. The SMILES string of the molecule is COCCc1noc([C@H](C)NC(=O)Nc2cccc(-n3cccc3)c2C)n1. The number of amides is 2. The van der Waals surface area contributed by atoms with Crippen LogP contribution < -0.4 is 10.6 Å². The number of carbonyl (C=O) groups excluding carboxylic acids is 1. The van der Waals surface area contributed by atoms with Gasteiger partial charge in [0, 0.05) is 37.3 Å². The molecule has 1 aromatic carbocycles. The summed E-state index contributed by atoms with van der Waals surface area (Å²) in [5, 5.41) is 9.57. The molecule has 142 valence electrons. The van der Waals surface area contributed by atoms with Crippen molar-refractivity contribution in [1.29, 1.82) is 0 Å². The first-order valence-corrected chi connectivity index (χ1v) is 8.70. The molecule has 8 heteroatoms. The van der Waals surface area contributed by atoms with Gasteiger partial charge in [-0.05, 0) is 43.7 Å². The Morgan fingerprint density at radius 2 is 2.07 bits per heavy atom. The fourth-order valence-corrected chi connectivity index (χ4v) is 2.69. The van der Waals surface area contributed by atoms with Crippen LogP contribution in [0.2, 0.25) is 0 Å². The van der Waals surface area contributed by atoms with Gasteiger partial charge in [-0.15, -0.1) is 0 Å². The van der Waals surface area contributed by atoms with Crippen molar-refractivity contribution in [1.82, 2.24) is 20.0 Å². The molecule has 0 saturated carbocycles. The molecule has 0 unspecified atom stereocenters. The minimum absolute atomic E-state index is 0.341. The van der Waals surface area contributed by atoms with Crippen molar-refractivity contribution in [2.75, 3.05) is 19.0 Å². The lowest BCUT2D eigenvalue weighted by Gasteiger charge is -2.15. The zero-order valence-electron chi connectivity index (χ0n) is 15.6. The number of rotatable bonds is 7. The summed E-state index contributed by atoms with van der Waals surface area (Å²) in [6, 6.07) is 8.93. The highest BCUT2D eigenvalue weighted by Gasteiger charge is 2.17. The van der Waals surface area contributed by atoms with E-state index in [0.29, 0.717) is 24.7 Å². The van der Waals surface area contributed by atoms with Gasteiger partial charge in [-0.25, -0.2) is 4.79 Å². The molecule has 0 aliphatic carbocycles. The van der Waals surface area contributed by atoms with Crippen LogP contribution >= 0.6 is 0 Å². The second-order valence-corrected chi connectivity index (χ2v) is 6.15. The number of methoxy groups -OCH3 is 1. The van der Waals surface area contributed by atoms with Crippen LogP contribution in [0.4, 0.5) is 10.5 Å². The zero-order chi connectivity index (χ0) is 19.2. The Morgan fingerprint density at radius 3 is 2.81 bits per heavy atom. The molecule has 3 aromatic rings. The van der Waals surface area contributed by atoms with Crippen molar-refractivity contribution in [3.05, 3.63) is 60.0 Å². The predicted molar refractivity (Wildman–Crippen MR) is 101 cm³/mol. The van der Waals surface area contributed by atoms with E-state index in [-0.39, 0.29) is 6.03 Å². The summed E-state index contributed by atoms with van der Waals surface area (Å²) in [4.78, 5) is 16.7. The molecule has 27 heavy (non-hydrogen) atoms. The molecule has 2 N–H and O–H groups in total. The number of nitrogens with one attached hydrogen (secondary N) is 2. The Hall–Kier alpha value is -3.13. The van der Waals surface area contributed by atoms with E-state index in [1.807, 2.05) is 54.2 Å². The highest BCUT2D eigenvalue weighted by molar-refractivity contribution is 5.90. The smallest absolute Gasteiger partial charge is 0.319 e. The number of benzene rings is 1. The number of ether oxygens (including phenoxy) is 1. The van der Waals surface area contributed by atoms with Gasteiger partial charge < -0.3 is 24.5 Å². The van der Waals surface area contributed by atoms with Crippen LogP contribution in [0, 0.1) is 6.92 Å². The fraction of sp³-hybridized carbons (Fsp3) is 0.316. The predicted octanol–water partition coefficient (Wildman–Crippen LogP) is 3.24. The lowest BCUT2D eigenvalue weighted by Crippen LogP contribution is -2.31. The van der Waals surface area contributed by atoms with Gasteiger partial charge in [0.1, 0.15) is 6.04 Å². The minimum atomic E-state index is -0.415. The Balaban J connectivity index is 1.64. The summed E-state index contributed by atoms with van der Waals surface area (Å²) in [6.07, 6.45) is 4.49. The van der Waals surface area contributed by atoms with Crippen LogP contribution in [0.5, 0.6) is 0 Å². The normalized spacial score (nSPS) is 12.0. The maximum atomic E-state index is 12.4. The van der Waals surface area contributed by atoms with Crippen molar-refractivity contribution in [3.63, 3.8) is 0 Å². The third kappa shape index (κ3) is 4.53. The van der Waals surface area contributed by atoms with Gasteiger partial charge in [-0.3, -0.25) is 0 Å². The fourth-order valence-electron chi connectivity index (χ4n) is 2.69. The summed E-state index contributed by atoms with van der Waals surface area (Å²) in [7, 11) is 1.61. The van der Waals surface area contributed by atoms with E-state index in [9.17, 15) is 4.79 Å².